The Labute approximate surface area is 166 Å². The van der Waals surface area contributed by atoms with Crippen LogP contribution in [0.25, 0.3) is 11.3 Å². The Kier molecular flexibility index (Phi) is 5.50. The van der Waals surface area contributed by atoms with E-state index in [2.05, 4.69) is 10.3 Å². The minimum Gasteiger partial charge on any atom is -0.506 e. The number of amides is 1. The molecule has 3 rings (SSSR count). The number of carbonyl (C=O) groups excluding carboxylic acids is 1. The van der Waals surface area contributed by atoms with Crippen molar-refractivity contribution in [1.82, 2.24) is 4.98 Å². The van der Waals surface area contributed by atoms with Crippen molar-refractivity contribution in [1.29, 1.82) is 0 Å². The van der Waals surface area contributed by atoms with Crippen molar-refractivity contribution in [3.05, 3.63) is 71.4 Å². The van der Waals surface area contributed by atoms with E-state index in [0.29, 0.717) is 16.3 Å². The third-order valence-corrected chi connectivity index (χ3v) is 4.43. The van der Waals surface area contributed by atoms with Crippen LogP contribution in [0.3, 0.4) is 0 Å². The smallest absolute Gasteiger partial charge is 0.296 e. The zero-order chi connectivity index (χ0) is 20.3. The standard InChI is InChI=1S/C18H15ClN4O4S/c19-13-4-1-11(2-5-13)15-7-3-12(10-21-15)18(25)22-14-6-8-17(24)16(9-14)23-28(20,26)27/h1-10,23-24H,(H,22,25)(H2,20,26,27). The summed E-state index contributed by atoms with van der Waals surface area (Å²) in [6.07, 6.45) is 1.42. The lowest BCUT2D eigenvalue weighted by molar-refractivity contribution is 0.102. The Morgan fingerprint density at radius 3 is 2.39 bits per heavy atom. The summed E-state index contributed by atoms with van der Waals surface area (Å²) in [5, 5.41) is 17.8. The van der Waals surface area contributed by atoms with Crippen molar-refractivity contribution in [2.75, 3.05) is 10.0 Å². The molecule has 144 valence electrons. The molecular weight excluding hydrogens is 404 g/mol. The molecule has 0 aliphatic rings. The van der Waals surface area contributed by atoms with E-state index in [4.69, 9.17) is 16.7 Å². The number of nitrogens with two attached hydrogens (primary N) is 1. The number of halogens is 1. The second-order valence-electron chi connectivity index (χ2n) is 5.77. The lowest BCUT2D eigenvalue weighted by Crippen LogP contribution is -2.22. The maximum atomic E-state index is 12.4. The number of pyridine rings is 1. The number of anilines is 2. The van der Waals surface area contributed by atoms with Crippen LogP contribution in [0.4, 0.5) is 11.4 Å². The summed E-state index contributed by atoms with van der Waals surface area (Å²) >= 11 is 5.87. The molecule has 0 aliphatic heterocycles. The quantitative estimate of drug-likeness (QED) is 0.373. The normalized spacial score (nSPS) is 11.1. The number of aromatic hydroxyl groups is 1. The Hall–Kier alpha value is -3.14. The van der Waals surface area contributed by atoms with Gasteiger partial charge in [-0.15, -0.1) is 0 Å². The molecular formula is C18H15ClN4O4S. The maximum absolute atomic E-state index is 12.4. The largest absolute Gasteiger partial charge is 0.506 e. The first-order valence-electron chi connectivity index (χ1n) is 7.88. The monoisotopic (exact) mass is 418 g/mol. The molecule has 0 saturated heterocycles. The average Bonchev–Trinajstić information content (AvgIpc) is 2.64. The van der Waals surface area contributed by atoms with E-state index in [-0.39, 0.29) is 17.1 Å². The van der Waals surface area contributed by atoms with Crippen molar-refractivity contribution in [2.45, 2.75) is 0 Å². The molecule has 1 amide bonds. The fourth-order valence-electron chi connectivity index (χ4n) is 2.37. The number of phenols is 1. The van der Waals surface area contributed by atoms with Crippen molar-refractivity contribution in [3.63, 3.8) is 0 Å². The molecule has 0 spiro atoms. The number of nitrogens with one attached hydrogen (secondary N) is 2. The van der Waals surface area contributed by atoms with E-state index < -0.39 is 16.1 Å². The Morgan fingerprint density at radius 2 is 1.79 bits per heavy atom. The van der Waals surface area contributed by atoms with Crippen LogP contribution in [0, 0.1) is 0 Å². The number of aromatic nitrogens is 1. The maximum Gasteiger partial charge on any atom is 0.296 e. The Bertz CT molecular complexity index is 1120. The third kappa shape index (κ3) is 4.97. The highest BCUT2D eigenvalue weighted by Gasteiger charge is 2.12. The molecule has 10 heteroatoms. The lowest BCUT2D eigenvalue weighted by atomic mass is 10.1. The molecule has 0 bridgehead atoms. The summed E-state index contributed by atoms with van der Waals surface area (Å²) in [5.74, 6) is -0.789. The van der Waals surface area contributed by atoms with E-state index >= 15 is 0 Å². The van der Waals surface area contributed by atoms with Gasteiger partial charge in [0.15, 0.2) is 0 Å². The number of hydrogen-bond acceptors (Lipinski definition) is 5. The first-order valence-corrected chi connectivity index (χ1v) is 9.80. The minimum atomic E-state index is -4.07. The zero-order valence-electron chi connectivity index (χ0n) is 14.3. The van der Waals surface area contributed by atoms with Gasteiger partial charge in [-0.3, -0.25) is 14.5 Å². The van der Waals surface area contributed by atoms with Crippen LogP contribution in [0.5, 0.6) is 5.75 Å². The number of carbonyl (C=O) groups is 1. The SMILES string of the molecule is NS(=O)(=O)Nc1cc(NC(=O)c2ccc(-c3ccc(Cl)cc3)nc2)ccc1O. The molecule has 2 aromatic carbocycles. The summed E-state index contributed by atoms with van der Waals surface area (Å²) < 4.78 is 24.2. The number of nitrogens with zero attached hydrogens (tertiary/aromatic N) is 1. The summed E-state index contributed by atoms with van der Waals surface area (Å²) in [6.45, 7) is 0. The average molecular weight is 419 g/mol. The molecule has 0 unspecified atom stereocenters. The van der Waals surface area contributed by atoms with Crippen LogP contribution in [0.1, 0.15) is 10.4 Å². The fraction of sp³-hybridized carbons (Fsp3) is 0. The van der Waals surface area contributed by atoms with Gasteiger partial charge < -0.3 is 10.4 Å². The second kappa shape index (κ2) is 7.85. The first-order chi connectivity index (χ1) is 13.2. The molecule has 5 N–H and O–H groups in total. The van der Waals surface area contributed by atoms with Gasteiger partial charge in [0, 0.05) is 22.5 Å². The van der Waals surface area contributed by atoms with Gasteiger partial charge in [-0.2, -0.15) is 8.42 Å². The highest BCUT2D eigenvalue weighted by Crippen LogP contribution is 2.27. The van der Waals surface area contributed by atoms with Gasteiger partial charge in [0.05, 0.1) is 16.9 Å². The fourth-order valence-corrected chi connectivity index (χ4v) is 2.97. The molecule has 1 heterocycles. The number of rotatable bonds is 5. The van der Waals surface area contributed by atoms with Gasteiger partial charge in [-0.05, 0) is 42.5 Å². The molecule has 1 aromatic heterocycles. The lowest BCUT2D eigenvalue weighted by Gasteiger charge is -2.10. The summed E-state index contributed by atoms with van der Waals surface area (Å²) in [6, 6.07) is 14.3. The predicted octanol–water partition coefficient (Wildman–Crippen LogP) is 2.98. The van der Waals surface area contributed by atoms with Crippen LogP contribution in [-0.4, -0.2) is 24.4 Å². The summed E-state index contributed by atoms with van der Waals surface area (Å²) in [5.41, 5.74) is 1.94. The summed E-state index contributed by atoms with van der Waals surface area (Å²) in [7, 11) is -4.07. The van der Waals surface area contributed by atoms with Gasteiger partial charge in [0.2, 0.25) is 0 Å². The number of hydrogen-bond donors (Lipinski definition) is 4. The van der Waals surface area contributed by atoms with Crippen LogP contribution in [-0.2, 0) is 10.2 Å². The Balaban J connectivity index is 1.76. The van der Waals surface area contributed by atoms with Crippen LogP contribution in [0.15, 0.2) is 60.8 Å². The van der Waals surface area contributed by atoms with Crippen molar-refractivity contribution in [2.24, 2.45) is 5.14 Å². The van der Waals surface area contributed by atoms with Gasteiger partial charge in [0.1, 0.15) is 5.75 Å². The predicted molar refractivity (Wildman–Crippen MR) is 107 cm³/mol. The second-order valence-corrected chi connectivity index (χ2v) is 7.50. The highest BCUT2D eigenvalue weighted by molar-refractivity contribution is 7.90. The van der Waals surface area contributed by atoms with E-state index in [9.17, 15) is 18.3 Å². The van der Waals surface area contributed by atoms with Crippen LogP contribution in [0.2, 0.25) is 5.02 Å². The van der Waals surface area contributed by atoms with E-state index in [0.717, 1.165) is 5.56 Å². The van der Waals surface area contributed by atoms with E-state index in [1.54, 1.807) is 24.3 Å². The zero-order valence-corrected chi connectivity index (χ0v) is 15.8. The van der Waals surface area contributed by atoms with Crippen LogP contribution >= 0.6 is 11.6 Å². The van der Waals surface area contributed by atoms with Crippen molar-refractivity contribution >= 4 is 39.1 Å². The molecule has 0 aliphatic carbocycles. The molecule has 0 radical (unpaired) electrons. The minimum absolute atomic E-state index is 0.156. The van der Waals surface area contributed by atoms with Gasteiger partial charge >= 0.3 is 0 Å². The van der Waals surface area contributed by atoms with Crippen molar-refractivity contribution < 1.29 is 18.3 Å². The summed E-state index contributed by atoms with van der Waals surface area (Å²) in [4.78, 5) is 16.7. The molecule has 0 saturated carbocycles. The Morgan fingerprint density at radius 1 is 1.07 bits per heavy atom. The highest BCUT2D eigenvalue weighted by atomic mass is 35.5. The number of phenolic OH excluding ortho intramolecular Hbond substituents is 1. The van der Waals surface area contributed by atoms with Crippen molar-refractivity contribution in [3.8, 4) is 17.0 Å². The molecule has 28 heavy (non-hydrogen) atoms. The van der Waals surface area contributed by atoms with E-state index in [1.165, 1.54) is 24.4 Å². The molecule has 8 nitrogen and oxygen atoms in total. The molecule has 3 aromatic rings. The van der Waals surface area contributed by atoms with E-state index in [1.807, 2.05) is 16.9 Å². The van der Waals surface area contributed by atoms with Gasteiger partial charge in [-0.25, -0.2) is 5.14 Å². The molecule has 0 fully saturated rings. The van der Waals surface area contributed by atoms with Gasteiger partial charge in [0.25, 0.3) is 16.1 Å². The molecule has 0 atom stereocenters. The first kappa shape index (κ1) is 19.6. The number of benzene rings is 2. The van der Waals surface area contributed by atoms with Crippen LogP contribution < -0.4 is 15.2 Å². The topological polar surface area (TPSA) is 134 Å². The third-order valence-electron chi connectivity index (χ3n) is 3.67. The van der Waals surface area contributed by atoms with Gasteiger partial charge in [-0.1, -0.05) is 23.7 Å².